The summed E-state index contributed by atoms with van der Waals surface area (Å²) in [5, 5.41) is 13.7. The Morgan fingerprint density at radius 3 is 1.97 bits per heavy atom. The van der Waals surface area contributed by atoms with Crippen molar-refractivity contribution < 1.29 is 23.9 Å². The van der Waals surface area contributed by atoms with E-state index in [1.807, 2.05) is 30.7 Å². The van der Waals surface area contributed by atoms with Gasteiger partial charge in [0.25, 0.3) is 5.69 Å². The summed E-state index contributed by atoms with van der Waals surface area (Å²) in [4.78, 5) is 16.3. The summed E-state index contributed by atoms with van der Waals surface area (Å²) in [6, 6.07) is 8.56. The standard InChI is InChI=1S/C23H24N2O6S2/c1-28-17-9-13-7-8-24-22(14(13)10-18(17)29-2)21(23(32-5)33-6)15-11-19(30-3)20(31-4)12-16(15)25(26)27/h7-12H,1-6H3. The normalized spacial score (nSPS) is 10.6. The van der Waals surface area contributed by atoms with Crippen molar-refractivity contribution in [1.82, 2.24) is 4.98 Å². The van der Waals surface area contributed by atoms with Gasteiger partial charge in [0, 0.05) is 21.4 Å². The van der Waals surface area contributed by atoms with Gasteiger partial charge < -0.3 is 18.9 Å². The number of pyridine rings is 1. The number of hydrogen-bond donors (Lipinski definition) is 0. The molecule has 1 heterocycles. The molecule has 0 amide bonds. The first-order chi connectivity index (χ1) is 15.9. The molecule has 8 nitrogen and oxygen atoms in total. The number of nitro benzene ring substituents is 1. The molecule has 174 valence electrons. The molecule has 0 atom stereocenters. The van der Waals surface area contributed by atoms with Crippen LogP contribution in [0.5, 0.6) is 23.0 Å². The molecule has 0 radical (unpaired) electrons. The van der Waals surface area contributed by atoms with E-state index in [0.29, 0.717) is 34.1 Å². The van der Waals surface area contributed by atoms with Crippen LogP contribution >= 0.6 is 23.5 Å². The van der Waals surface area contributed by atoms with Crippen molar-refractivity contribution in [2.75, 3.05) is 41.0 Å². The van der Waals surface area contributed by atoms with Gasteiger partial charge in [0.15, 0.2) is 23.0 Å². The Hall–Kier alpha value is -3.11. The fraction of sp³-hybridized carbons (Fsp3) is 0.261. The highest BCUT2D eigenvalue weighted by Crippen LogP contribution is 2.46. The molecular formula is C23H24N2O6S2. The minimum Gasteiger partial charge on any atom is -0.493 e. The van der Waals surface area contributed by atoms with Crippen LogP contribution in [0.4, 0.5) is 5.69 Å². The summed E-state index contributed by atoms with van der Waals surface area (Å²) in [5.74, 6) is 1.78. The highest BCUT2D eigenvalue weighted by Gasteiger charge is 2.27. The molecule has 0 aliphatic carbocycles. The van der Waals surface area contributed by atoms with E-state index in [-0.39, 0.29) is 11.4 Å². The lowest BCUT2D eigenvalue weighted by Gasteiger charge is -2.17. The van der Waals surface area contributed by atoms with Gasteiger partial charge in [0.1, 0.15) is 0 Å². The molecule has 0 unspecified atom stereocenters. The fourth-order valence-electron chi connectivity index (χ4n) is 3.54. The van der Waals surface area contributed by atoms with Gasteiger partial charge in [-0.15, -0.1) is 23.5 Å². The van der Waals surface area contributed by atoms with Crippen LogP contribution < -0.4 is 18.9 Å². The Labute approximate surface area is 200 Å². The number of hydrogen-bond acceptors (Lipinski definition) is 9. The molecule has 0 N–H and O–H groups in total. The summed E-state index contributed by atoms with van der Waals surface area (Å²) in [6.07, 6.45) is 5.52. The van der Waals surface area contributed by atoms with Gasteiger partial charge in [-0.05, 0) is 42.2 Å². The molecule has 33 heavy (non-hydrogen) atoms. The predicted molar refractivity (Wildman–Crippen MR) is 134 cm³/mol. The summed E-state index contributed by atoms with van der Waals surface area (Å²) in [6.45, 7) is 0. The third-order valence-corrected chi connectivity index (χ3v) is 7.20. The smallest absolute Gasteiger partial charge is 0.281 e. The number of nitro groups is 1. The van der Waals surface area contributed by atoms with Crippen LogP contribution in [0.3, 0.4) is 0 Å². The second-order valence-electron chi connectivity index (χ2n) is 6.64. The zero-order valence-corrected chi connectivity index (χ0v) is 20.8. The molecular weight excluding hydrogens is 464 g/mol. The monoisotopic (exact) mass is 488 g/mol. The van der Waals surface area contributed by atoms with Crippen LogP contribution in [0.25, 0.3) is 16.3 Å². The third kappa shape index (κ3) is 4.67. The molecule has 3 aromatic rings. The number of rotatable bonds is 9. The van der Waals surface area contributed by atoms with Gasteiger partial charge in [-0.25, -0.2) is 0 Å². The van der Waals surface area contributed by atoms with Crippen LogP contribution in [0.2, 0.25) is 0 Å². The average Bonchev–Trinajstić information content (AvgIpc) is 2.85. The molecule has 0 fully saturated rings. The maximum atomic E-state index is 12.1. The Bertz CT molecular complexity index is 1220. The van der Waals surface area contributed by atoms with Gasteiger partial charge in [-0.3, -0.25) is 15.1 Å². The Morgan fingerprint density at radius 2 is 1.42 bits per heavy atom. The van der Waals surface area contributed by atoms with E-state index in [9.17, 15) is 10.1 Å². The summed E-state index contributed by atoms with van der Waals surface area (Å²) < 4.78 is 22.6. The number of aromatic nitrogens is 1. The third-order valence-electron chi connectivity index (χ3n) is 5.05. The van der Waals surface area contributed by atoms with E-state index in [4.69, 9.17) is 18.9 Å². The Balaban J connectivity index is 2.47. The van der Waals surface area contributed by atoms with Gasteiger partial charge >= 0.3 is 0 Å². The first-order valence-electron chi connectivity index (χ1n) is 9.68. The highest BCUT2D eigenvalue weighted by atomic mass is 32.2. The number of thioether (sulfide) groups is 2. The van der Waals surface area contributed by atoms with E-state index in [2.05, 4.69) is 4.98 Å². The van der Waals surface area contributed by atoms with Crippen molar-refractivity contribution in [3.05, 3.63) is 62.1 Å². The van der Waals surface area contributed by atoms with Crippen LogP contribution in [0.1, 0.15) is 11.3 Å². The molecule has 0 bridgehead atoms. The second kappa shape index (κ2) is 10.7. The first-order valence-corrected chi connectivity index (χ1v) is 12.1. The maximum absolute atomic E-state index is 12.1. The maximum Gasteiger partial charge on any atom is 0.281 e. The van der Waals surface area contributed by atoms with Crippen molar-refractivity contribution in [3.8, 4) is 23.0 Å². The molecule has 3 rings (SSSR count). The molecule has 0 saturated carbocycles. The van der Waals surface area contributed by atoms with E-state index < -0.39 is 4.92 Å². The minimum atomic E-state index is -0.426. The number of methoxy groups -OCH3 is 4. The lowest BCUT2D eigenvalue weighted by Crippen LogP contribution is -2.03. The van der Waals surface area contributed by atoms with Crippen molar-refractivity contribution in [2.45, 2.75) is 0 Å². The molecule has 0 aliphatic rings. The molecule has 0 saturated heterocycles. The number of nitrogens with zero attached hydrogens (tertiary/aromatic N) is 2. The summed E-state index contributed by atoms with van der Waals surface area (Å²) in [5.41, 5.74) is 1.48. The van der Waals surface area contributed by atoms with Crippen LogP contribution in [-0.2, 0) is 0 Å². The van der Waals surface area contributed by atoms with Crippen LogP contribution in [0, 0.1) is 10.1 Å². The van der Waals surface area contributed by atoms with Gasteiger partial charge in [-0.2, -0.15) is 0 Å². The summed E-state index contributed by atoms with van der Waals surface area (Å²) in [7, 11) is 6.07. The zero-order valence-electron chi connectivity index (χ0n) is 19.1. The van der Waals surface area contributed by atoms with Crippen molar-refractivity contribution in [2.24, 2.45) is 0 Å². The summed E-state index contributed by atoms with van der Waals surface area (Å²) >= 11 is 2.98. The van der Waals surface area contributed by atoms with Crippen molar-refractivity contribution in [3.63, 3.8) is 0 Å². The van der Waals surface area contributed by atoms with Gasteiger partial charge in [0.2, 0.25) is 0 Å². The second-order valence-corrected chi connectivity index (χ2v) is 8.53. The quantitative estimate of drug-likeness (QED) is 0.281. The molecule has 2 aromatic carbocycles. The zero-order chi connectivity index (χ0) is 24.1. The molecule has 0 spiro atoms. The van der Waals surface area contributed by atoms with Crippen LogP contribution in [0.15, 0.2) is 40.8 Å². The minimum absolute atomic E-state index is 0.109. The van der Waals surface area contributed by atoms with Gasteiger partial charge in [0.05, 0.1) is 50.7 Å². The van der Waals surface area contributed by atoms with E-state index in [0.717, 1.165) is 15.0 Å². The largest absolute Gasteiger partial charge is 0.493 e. The molecule has 10 heteroatoms. The molecule has 0 aliphatic heterocycles. The predicted octanol–water partition coefficient (Wildman–Crippen LogP) is 5.62. The lowest BCUT2D eigenvalue weighted by molar-refractivity contribution is -0.385. The first kappa shape index (κ1) is 24.5. The fourth-order valence-corrected chi connectivity index (χ4v) is 5.03. The SMILES string of the molecule is COc1cc(C(=C(SC)SC)c2nccc3cc(OC)c(OC)cc23)c([N+](=O)[O-])cc1OC. The van der Waals surface area contributed by atoms with Gasteiger partial charge in [-0.1, -0.05) is 0 Å². The Morgan fingerprint density at radius 1 is 0.879 bits per heavy atom. The van der Waals surface area contributed by atoms with E-state index in [1.165, 1.54) is 43.8 Å². The number of fused-ring (bicyclic) bond motifs is 1. The topological polar surface area (TPSA) is 93.0 Å². The van der Waals surface area contributed by atoms with Crippen molar-refractivity contribution >= 4 is 45.6 Å². The highest BCUT2D eigenvalue weighted by molar-refractivity contribution is 8.21. The van der Waals surface area contributed by atoms with E-state index >= 15 is 0 Å². The number of benzene rings is 2. The lowest BCUT2D eigenvalue weighted by atomic mass is 9.97. The Kier molecular flexibility index (Phi) is 7.93. The van der Waals surface area contributed by atoms with Crippen molar-refractivity contribution in [1.29, 1.82) is 0 Å². The van der Waals surface area contributed by atoms with E-state index in [1.54, 1.807) is 26.5 Å². The molecule has 1 aromatic heterocycles. The number of ether oxygens (including phenoxy) is 4. The average molecular weight is 489 g/mol. The van der Waals surface area contributed by atoms with Crippen LogP contribution in [-0.4, -0.2) is 50.9 Å².